The molecule has 4 N–H and O–H groups in total. The number of ether oxygens (including phenoxy) is 3. The quantitative estimate of drug-likeness (QED) is 0.263. The van der Waals surface area contributed by atoms with E-state index >= 15 is 0 Å². The van der Waals surface area contributed by atoms with Crippen LogP contribution in [-0.2, 0) is 20.6 Å². The van der Waals surface area contributed by atoms with E-state index in [2.05, 4.69) is 20.6 Å². The molecule has 0 radical (unpaired) electrons. The number of aryl methyl sites for hydroxylation is 1. The Hall–Kier alpha value is -4.60. The Bertz CT molecular complexity index is 1540. The van der Waals surface area contributed by atoms with Gasteiger partial charge in [-0.05, 0) is 57.7 Å². The van der Waals surface area contributed by atoms with Gasteiger partial charge in [-0.1, -0.05) is 0 Å². The predicted molar refractivity (Wildman–Crippen MR) is 157 cm³/mol. The van der Waals surface area contributed by atoms with Crippen LogP contribution in [0.5, 0.6) is 0 Å². The molecular weight excluding hydrogens is 601 g/mol. The molecule has 16 heteroatoms. The number of aromatic nitrogens is 2. The molecule has 1 aliphatic rings. The zero-order valence-corrected chi connectivity index (χ0v) is 25.2. The number of carbonyl (C=O) groups is 3. The number of pyridine rings is 2. The highest BCUT2D eigenvalue weighted by Crippen LogP contribution is 2.38. The average molecular weight is 637 g/mol. The SMILES string of the molecule is COCCCc1cnc2c(C(=O)Nc3cnccc3N3C[C@@H](OC(N)=O)C[C@@H](C(F)(F)F)C3)c(NC(=O)OC(C)(C)C)oc2c1. The summed E-state index contributed by atoms with van der Waals surface area (Å²) in [4.78, 5) is 47.6. The van der Waals surface area contributed by atoms with Gasteiger partial charge in [0.15, 0.2) is 5.58 Å². The zero-order chi connectivity index (χ0) is 32.9. The summed E-state index contributed by atoms with van der Waals surface area (Å²) >= 11 is 0. The van der Waals surface area contributed by atoms with Crippen LogP contribution in [0.25, 0.3) is 11.1 Å². The first kappa shape index (κ1) is 33.3. The summed E-state index contributed by atoms with van der Waals surface area (Å²) in [6, 6.07) is 3.11. The van der Waals surface area contributed by atoms with E-state index in [1.807, 2.05) is 0 Å². The monoisotopic (exact) mass is 636 g/mol. The Morgan fingerprint density at radius 1 is 1.16 bits per heavy atom. The van der Waals surface area contributed by atoms with Crippen LogP contribution in [0.3, 0.4) is 0 Å². The van der Waals surface area contributed by atoms with Gasteiger partial charge in [0.2, 0.25) is 5.88 Å². The Morgan fingerprint density at radius 2 is 1.91 bits per heavy atom. The molecule has 0 aliphatic carbocycles. The fraction of sp³-hybridized carbons (Fsp3) is 0.483. The van der Waals surface area contributed by atoms with Gasteiger partial charge in [-0.15, -0.1) is 0 Å². The Kier molecular flexibility index (Phi) is 10.1. The lowest BCUT2D eigenvalue weighted by atomic mass is 9.94. The number of nitrogens with two attached hydrogens (primary N) is 1. The van der Waals surface area contributed by atoms with Crippen molar-refractivity contribution in [1.82, 2.24) is 9.97 Å². The summed E-state index contributed by atoms with van der Waals surface area (Å²) < 4.78 is 62.6. The number of hydrogen-bond acceptors (Lipinski definition) is 10. The van der Waals surface area contributed by atoms with E-state index in [9.17, 15) is 27.6 Å². The van der Waals surface area contributed by atoms with E-state index in [-0.39, 0.29) is 40.5 Å². The van der Waals surface area contributed by atoms with Gasteiger partial charge in [0.1, 0.15) is 22.8 Å². The summed E-state index contributed by atoms with van der Waals surface area (Å²) in [7, 11) is 1.59. The van der Waals surface area contributed by atoms with Crippen molar-refractivity contribution in [3.05, 3.63) is 41.9 Å². The van der Waals surface area contributed by atoms with Gasteiger partial charge in [-0.3, -0.25) is 20.1 Å². The topological polar surface area (TPSA) is 171 Å². The van der Waals surface area contributed by atoms with Crippen molar-refractivity contribution in [3.8, 4) is 0 Å². The van der Waals surface area contributed by atoms with Gasteiger partial charge < -0.3 is 34.6 Å². The zero-order valence-electron chi connectivity index (χ0n) is 25.2. The molecule has 0 aromatic carbocycles. The van der Waals surface area contributed by atoms with E-state index in [1.54, 1.807) is 40.1 Å². The number of halogens is 3. The molecule has 3 aromatic heterocycles. The van der Waals surface area contributed by atoms with E-state index in [0.29, 0.717) is 19.4 Å². The van der Waals surface area contributed by atoms with Crippen LogP contribution in [0.15, 0.2) is 35.1 Å². The lowest BCUT2D eigenvalue weighted by molar-refractivity contribution is -0.182. The van der Waals surface area contributed by atoms with E-state index in [1.165, 1.54) is 23.4 Å². The van der Waals surface area contributed by atoms with E-state index < -0.39 is 54.9 Å². The first-order valence-corrected chi connectivity index (χ1v) is 14.1. The predicted octanol–water partition coefficient (Wildman–Crippen LogP) is 5.25. The molecule has 2 atom stereocenters. The van der Waals surface area contributed by atoms with Crippen molar-refractivity contribution in [2.75, 3.05) is 42.3 Å². The minimum atomic E-state index is -4.58. The molecule has 0 unspecified atom stereocenters. The standard InChI is InChI=1S/C29H35F3N6O7/c1-28(2,3)45-27(41)37-25-22(23-21(44-25)10-16(12-35-23)6-5-9-42-4)24(39)36-19-13-34-8-7-20(19)38-14-17(29(30,31)32)11-18(15-38)43-26(33)40/h7-8,10,12-13,17-18H,5-6,9,11,14-15H2,1-4H3,(H2,33,40)(H,36,39)(H,37,41)/t17-,18+/m1/s1. The summed E-state index contributed by atoms with van der Waals surface area (Å²) in [5.74, 6) is -2.87. The fourth-order valence-corrected chi connectivity index (χ4v) is 4.95. The number of methoxy groups -OCH3 is 1. The first-order chi connectivity index (χ1) is 21.1. The number of primary amides is 1. The molecule has 45 heavy (non-hydrogen) atoms. The Balaban J connectivity index is 1.68. The van der Waals surface area contributed by atoms with Crippen LogP contribution in [0, 0.1) is 5.92 Å². The smallest absolute Gasteiger partial charge is 0.414 e. The maximum absolute atomic E-state index is 13.8. The number of piperidine rings is 1. The largest absolute Gasteiger partial charge is 0.444 e. The van der Waals surface area contributed by atoms with Crippen LogP contribution < -0.4 is 21.3 Å². The highest BCUT2D eigenvalue weighted by atomic mass is 19.4. The number of nitrogens with one attached hydrogen (secondary N) is 2. The second-order valence-corrected chi connectivity index (χ2v) is 11.5. The van der Waals surface area contributed by atoms with Gasteiger partial charge >= 0.3 is 18.4 Å². The molecule has 13 nitrogen and oxygen atoms in total. The van der Waals surface area contributed by atoms with Gasteiger partial charge in [0.25, 0.3) is 5.91 Å². The second kappa shape index (κ2) is 13.6. The molecule has 3 aromatic rings. The van der Waals surface area contributed by atoms with Crippen molar-refractivity contribution in [2.24, 2.45) is 11.7 Å². The molecular formula is C29H35F3N6O7. The summed E-state index contributed by atoms with van der Waals surface area (Å²) in [5, 5.41) is 5.12. The van der Waals surface area contributed by atoms with Crippen LogP contribution in [-0.4, -0.2) is 72.7 Å². The summed E-state index contributed by atoms with van der Waals surface area (Å²) in [6.07, 6.45) is -2.77. The summed E-state index contributed by atoms with van der Waals surface area (Å²) in [5.41, 5.74) is 5.48. The maximum atomic E-state index is 13.8. The lowest BCUT2D eigenvalue weighted by Gasteiger charge is -2.39. The number of amides is 3. The number of anilines is 3. The molecule has 1 fully saturated rings. The molecule has 1 saturated heterocycles. The van der Waals surface area contributed by atoms with Crippen molar-refractivity contribution >= 4 is 46.5 Å². The number of rotatable bonds is 9. The molecule has 3 amide bonds. The number of furan rings is 1. The van der Waals surface area contributed by atoms with Crippen molar-refractivity contribution in [3.63, 3.8) is 0 Å². The van der Waals surface area contributed by atoms with Crippen molar-refractivity contribution in [1.29, 1.82) is 0 Å². The third-order valence-corrected chi connectivity index (χ3v) is 6.79. The number of fused-ring (bicyclic) bond motifs is 1. The van der Waals surface area contributed by atoms with Crippen LogP contribution in [0.1, 0.15) is 49.5 Å². The number of carbonyl (C=O) groups excluding carboxylic acids is 3. The molecule has 0 bridgehead atoms. The van der Waals surface area contributed by atoms with Gasteiger partial charge in [-0.25, -0.2) is 9.59 Å². The molecule has 0 saturated carbocycles. The molecule has 0 spiro atoms. The lowest BCUT2D eigenvalue weighted by Crippen LogP contribution is -2.49. The molecule has 4 rings (SSSR count). The van der Waals surface area contributed by atoms with E-state index in [4.69, 9.17) is 24.4 Å². The van der Waals surface area contributed by atoms with Crippen molar-refractivity contribution < 1.29 is 46.2 Å². The number of hydrogen-bond donors (Lipinski definition) is 3. The number of nitrogens with zero attached hydrogens (tertiary/aromatic N) is 3. The fourth-order valence-electron chi connectivity index (χ4n) is 4.95. The van der Waals surface area contributed by atoms with E-state index in [0.717, 1.165) is 5.56 Å². The highest BCUT2D eigenvalue weighted by Gasteiger charge is 2.46. The first-order valence-electron chi connectivity index (χ1n) is 14.1. The van der Waals surface area contributed by atoms with Gasteiger partial charge in [0, 0.05) is 32.7 Å². The average Bonchev–Trinajstić information content (AvgIpc) is 3.28. The molecule has 4 heterocycles. The summed E-state index contributed by atoms with van der Waals surface area (Å²) in [6.45, 7) is 4.94. The minimum Gasteiger partial charge on any atom is -0.444 e. The third kappa shape index (κ3) is 8.74. The third-order valence-electron chi connectivity index (χ3n) is 6.79. The Labute approximate surface area is 256 Å². The van der Waals surface area contributed by atoms with Crippen molar-refractivity contribution in [2.45, 2.75) is 57.9 Å². The van der Waals surface area contributed by atoms with Crippen LogP contribution >= 0.6 is 0 Å². The van der Waals surface area contributed by atoms with Gasteiger partial charge in [0.05, 0.1) is 30.0 Å². The molecule has 1 aliphatic heterocycles. The Morgan fingerprint density at radius 3 is 2.58 bits per heavy atom. The highest BCUT2D eigenvalue weighted by molar-refractivity contribution is 6.16. The maximum Gasteiger partial charge on any atom is 0.414 e. The normalized spacial score (nSPS) is 17.2. The van der Waals surface area contributed by atoms with Crippen LogP contribution in [0.2, 0.25) is 0 Å². The van der Waals surface area contributed by atoms with Crippen LogP contribution in [0.4, 0.5) is 40.0 Å². The van der Waals surface area contributed by atoms with Gasteiger partial charge in [-0.2, -0.15) is 13.2 Å². The number of alkyl halides is 3. The minimum absolute atomic E-state index is 0.0527. The molecule has 244 valence electrons. The second-order valence-electron chi connectivity index (χ2n) is 11.5.